The molecule has 0 fully saturated rings. The molecule has 0 bridgehead atoms. The van der Waals surface area contributed by atoms with Gasteiger partial charge in [0.15, 0.2) is 17.5 Å². The van der Waals surface area contributed by atoms with Gasteiger partial charge >= 0.3 is 0 Å². The van der Waals surface area contributed by atoms with Gasteiger partial charge in [0.2, 0.25) is 0 Å². The number of methoxy groups -OCH3 is 2. The molecule has 2 aromatic rings. The Morgan fingerprint density at radius 3 is 2.65 bits per heavy atom. The molecule has 144 valence electrons. The van der Waals surface area contributed by atoms with Crippen molar-refractivity contribution in [1.82, 2.24) is 10.3 Å². The van der Waals surface area contributed by atoms with E-state index in [9.17, 15) is 0 Å². The van der Waals surface area contributed by atoms with Crippen molar-refractivity contribution in [1.29, 1.82) is 0 Å². The molecule has 0 aliphatic heterocycles. The molecule has 2 rings (SSSR count). The lowest BCUT2D eigenvalue weighted by molar-refractivity contribution is 0.354. The summed E-state index contributed by atoms with van der Waals surface area (Å²) < 4.78 is 10.5. The van der Waals surface area contributed by atoms with Gasteiger partial charge < -0.3 is 20.5 Å². The summed E-state index contributed by atoms with van der Waals surface area (Å²) in [6, 6.07) is 5.73. The summed E-state index contributed by atoms with van der Waals surface area (Å²) >= 11 is 1.73. The van der Waals surface area contributed by atoms with Crippen LogP contribution in [0.2, 0.25) is 0 Å². The van der Waals surface area contributed by atoms with Gasteiger partial charge in [-0.3, -0.25) is 0 Å². The summed E-state index contributed by atoms with van der Waals surface area (Å²) in [5, 5.41) is 6.44. The highest BCUT2D eigenvalue weighted by Gasteiger charge is 2.04. The number of aliphatic imine (C=N–C) groups is 1. The van der Waals surface area contributed by atoms with Crippen LogP contribution in [0.5, 0.6) is 11.5 Å². The number of aryl methyl sites for hydroxylation is 2. The Kier molecular flexibility index (Phi) is 10.3. The standard InChI is InChI=1S/C18H26N4O2S.HI/c1-13-12-25-17(22-13)6-4-5-9-20-18(19)21-11-14-7-8-15(23-2)16(10-14)24-3;/h7-8,10,12H,4-6,9,11H2,1-3H3,(H3,19,20,21);1H. The SMILES string of the molecule is COc1ccc(CN=C(N)NCCCCc2nc(C)cs2)cc1OC.I. The van der Waals surface area contributed by atoms with E-state index in [-0.39, 0.29) is 24.0 Å². The lowest BCUT2D eigenvalue weighted by atomic mass is 10.2. The first-order valence-corrected chi connectivity index (χ1v) is 9.16. The molecule has 0 spiro atoms. The number of halogens is 1. The van der Waals surface area contributed by atoms with E-state index in [0.29, 0.717) is 24.0 Å². The number of guanidine groups is 1. The average Bonchev–Trinajstić information content (AvgIpc) is 3.04. The van der Waals surface area contributed by atoms with Crippen LogP contribution >= 0.6 is 35.3 Å². The molecule has 0 saturated carbocycles. The van der Waals surface area contributed by atoms with Crippen LogP contribution in [0.4, 0.5) is 0 Å². The van der Waals surface area contributed by atoms with Crippen molar-refractivity contribution in [3.8, 4) is 11.5 Å². The number of nitrogens with zero attached hydrogens (tertiary/aromatic N) is 2. The van der Waals surface area contributed by atoms with Crippen LogP contribution in [0.1, 0.15) is 29.1 Å². The first-order valence-electron chi connectivity index (χ1n) is 8.28. The number of aromatic nitrogens is 1. The Balaban J connectivity index is 0.00000338. The van der Waals surface area contributed by atoms with Gasteiger partial charge in [0.25, 0.3) is 0 Å². The van der Waals surface area contributed by atoms with Crippen LogP contribution < -0.4 is 20.5 Å². The molecule has 8 heteroatoms. The topological polar surface area (TPSA) is 81.8 Å². The highest BCUT2D eigenvalue weighted by Crippen LogP contribution is 2.27. The van der Waals surface area contributed by atoms with Gasteiger partial charge in [-0.15, -0.1) is 35.3 Å². The van der Waals surface area contributed by atoms with Crippen molar-refractivity contribution in [3.63, 3.8) is 0 Å². The molecule has 0 amide bonds. The summed E-state index contributed by atoms with van der Waals surface area (Å²) in [7, 11) is 3.24. The average molecular weight is 490 g/mol. The highest BCUT2D eigenvalue weighted by molar-refractivity contribution is 14.0. The van der Waals surface area contributed by atoms with Crippen LogP contribution in [0.25, 0.3) is 0 Å². The number of benzene rings is 1. The molecule has 0 unspecified atom stereocenters. The summed E-state index contributed by atoms with van der Waals surface area (Å²) in [5.74, 6) is 1.86. The minimum Gasteiger partial charge on any atom is -0.493 e. The minimum atomic E-state index is 0. The van der Waals surface area contributed by atoms with Gasteiger partial charge in [-0.2, -0.15) is 0 Å². The fraction of sp³-hybridized carbons (Fsp3) is 0.444. The van der Waals surface area contributed by atoms with E-state index in [4.69, 9.17) is 15.2 Å². The fourth-order valence-electron chi connectivity index (χ4n) is 2.35. The maximum Gasteiger partial charge on any atom is 0.188 e. The van der Waals surface area contributed by atoms with Crippen LogP contribution in [-0.4, -0.2) is 31.7 Å². The van der Waals surface area contributed by atoms with Crippen molar-refractivity contribution >= 4 is 41.3 Å². The molecular weight excluding hydrogens is 463 g/mol. The smallest absolute Gasteiger partial charge is 0.188 e. The Bertz CT molecular complexity index is 706. The zero-order chi connectivity index (χ0) is 18.1. The van der Waals surface area contributed by atoms with Crippen LogP contribution in [0.3, 0.4) is 0 Å². The van der Waals surface area contributed by atoms with E-state index in [1.807, 2.05) is 25.1 Å². The van der Waals surface area contributed by atoms with Crippen molar-refractivity contribution in [3.05, 3.63) is 39.8 Å². The van der Waals surface area contributed by atoms with E-state index in [2.05, 4.69) is 20.7 Å². The van der Waals surface area contributed by atoms with Gasteiger partial charge in [0.05, 0.1) is 25.8 Å². The van der Waals surface area contributed by atoms with Crippen LogP contribution in [0, 0.1) is 6.92 Å². The molecular formula is C18H27IN4O2S. The maximum atomic E-state index is 5.92. The number of rotatable bonds is 9. The summed E-state index contributed by atoms with van der Waals surface area (Å²) in [4.78, 5) is 8.82. The van der Waals surface area contributed by atoms with E-state index < -0.39 is 0 Å². The molecule has 0 radical (unpaired) electrons. The van der Waals surface area contributed by atoms with E-state index in [1.54, 1.807) is 25.6 Å². The third-order valence-corrected chi connectivity index (χ3v) is 4.70. The van der Waals surface area contributed by atoms with Gasteiger partial charge in [0, 0.05) is 17.6 Å². The van der Waals surface area contributed by atoms with E-state index in [1.165, 1.54) is 5.01 Å². The maximum absolute atomic E-state index is 5.92. The molecule has 3 N–H and O–H groups in total. The predicted octanol–water partition coefficient (Wildman–Crippen LogP) is 3.51. The molecule has 1 aromatic heterocycles. The largest absolute Gasteiger partial charge is 0.493 e. The minimum absolute atomic E-state index is 0. The second-order valence-corrected chi connectivity index (χ2v) is 6.60. The van der Waals surface area contributed by atoms with E-state index in [0.717, 1.165) is 37.1 Å². The highest BCUT2D eigenvalue weighted by atomic mass is 127. The monoisotopic (exact) mass is 490 g/mol. The van der Waals surface area contributed by atoms with Gasteiger partial charge in [-0.1, -0.05) is 6.07 Å². The van der Waals surface area contributed by atoms with Crippen LogP contribution in [-0.2, 0) is 13.0 Å². The summed E-state index contributed by atoms with van der Waals surface area (Å²) in [6.07, 6.45) is 3.14. The van der Waals surface area contributed by atoms with Gasteiger partial charge in [-0.25, -0.2) is 9.98 Å². The number of thiazole rings is 1. The zero-order valence-electron chi connectivity index (χ0n) is 15.4. The third-order valence-electron chi connectivity index (χ3n) is 3.67. The summed E-state index contributed by atoms with van der Waals surface area (Å²) in [5.41, 5.74) is 8.03. The summed E-state index contributed by atoms with van der Waals surface area (Å²) in [6.45, 7) is 3.33. The van der Waals surface area contributed by atoms with Crippen LogP contribution in [0.15, 0.2) is 28.6 Å². The fourth-order valence-corrected chi connectivity index (χ4v) is 3.16. The Morgan fingerprint density at radius 2 is 2.00 bits per heavy atom. The molecule has 0 aliphatic rings. The molecule has 0 aliphatic carbocycles. The number of nitrogens with one attached hydrogen (secondary N) is 1. The van der Waals surface area contributed by atoms with Crippen molar-refractivity contribution in [2.45, 2.75) is 32.7 Å². The number of hydrogen-bond acceptors (Lipinski definition) is 5. The molecule has 0 saturated heterocycles. The van der Waals surface area contributed by atoms with Crippen molar-refractivity contribution in [2.24, 2.45) is 10.7 Å². The van der Waals surface area contributed by atoms with E-state index >= 15 is 0 Å². The quantitative estimate of drug-likeness (QED) is 0.243. The zero-order valence-corrected chi connectivity index (χ0v) is 18.6. The first-order chi connectivity index (χ1) is 12.1. The number of hydrogen-bond donors (Lipinski definition) is 2. The van der Waals surface area contributed by atoms with Gasteiger partial charge in [0.1, 0.15) is 0 Å². The Labute approximate surface area is 176 Å². The molecule has 1 aromatic carbocycles. The van der Waals surface area contributed by atoms with Crippen molar-refractivity contribution in [2.75, 3.05) is 20.8 Å². The molecule has 26 heavy (non-hydrogen) atoms. The number of nitrogens with two attached hydrogens (primary N) is 1. The predicted molar refractivity (Wildman–Crippen MR) is 118 cm³/mol. The Hall–Kier alpha value is -1.55. The molecule has 6 nitrogen and oxygen atoms in total. The molecule has 1 heterocycles. The lowest BCUT2D eigenvalue weighted by Gasteiger charge is -2.09. The lowest BCUT2D eigenvalue weighted by Crippen LogP contribution is -2.32. The number of ether oxygens (including phenoxy) is 2. The second-order valence-electron chi connectivity index (χ2n) is 5.66. The van der Waals surface area contributed by atoms with Crippen molar-refractivity contribution < 1.29 is 9.47 Å². The number of unbranched alkanes of at least 4 members (excludes halogenated alkanes) is 1. The van der Waals surface area contributed by atoms with Gasteiger partial charge in [-0.05, 0) is 43.9 Å². The third kappa shape index (κ3) is 7.36. The Morgan fingerprint density at radius 1 is 1.23 bits per heavy atom. The normalized spacial score (nSPS) is 11.0. The first kappa shape index (κ1) is 22.5. The second kappa shape index (κ2) is 11.9. The molecule has 0 atom stereocenters.